The van der Waals surface area contributed by atoms with E-state index in [1.807, 2.05) is 0 Å². The van der Waals surface area contributed by atoms with E-state index < -0.39 is 22.5 Å². The molecule has 0 aliphatic heterocycles. The topological polar surface area (TPSA) is 89.7 Å². The van der Waals surface area contributed by atoms with Crippen LogP contribution in [-0.4, -0.2) is 21.7 Å². The van der Waals surface area contributed by atoms with Crippen molar-refractivity contribution in [1.82, 2.24) is 0 Å². The zero-order valence-electron chi connectivity index (χ0n) is 8.62. The molecule has 0 aromatic rings. The number of ether oxygens (including phenoxy) is 1. The minimum absolute atomic E-state index is 0.0685. The van der Waals surface area contributed by atoms with Crippen molar-refractivity contribution in [3.63, 3.8) is 0 Å². The van der Waals surface area contributed by atoms with Gasteiger partial charge in [-0.2, -0.15) is 0 Å². The molecular weight excluding hydrogens is 214 g/mol. The van der Waals surface area contributed by atoms with Gasteiger partial charge in [0.15, 0.2) is 0 Å². The smallest absolute Gasteiger partial charge is 0.389 e. The first-order valence-corrected chi connectivity index (χ1v) is 4.51. The Bertz CT molecular complexity index is 398. The first-order valence-electron chi connectivity index (χ1n) is 4.51. The van der Waals surface area contributed by atoms with Crippen LogP contribution < -0.4 is 0 Å². The van der Waals surface area contributed by atoms with Gasteiger partial charge < -0.3 is 9.84 Å². The van der Waals surface area contributed by atoms with Crippen LogP contribution in [0.1, 0.15) is 6.92 Å². The molecule has 0 radical (unpaired) electrons. The highest BCUT2D eigenvalue weighted by Gasteiger charge is 2.52. The van der Waals surface area contributed by atoms with Crippen LogP contribution in [0.4, 0.5) is 0 Å². The molecule has 0 bridgehead atoms. The molecule has 2 atom stereocenters. The van der Waals surface area contributed by atoms with Crippen LogP contribution >= 0.6 is 0 Å². The van der Waals surface area contributed by atoms with Crippen LogP contribution in [0.5, 0.6) is 0 Å². The molecule has 0 fully saturated rings. The van der Waals surface area contributed by atoms with E-state index in [1.165, 1.54) is 25.2 Å². The van der Waals surface area contributed by atoms with E-state index in [9.17, 15) is 14.9 Å². The van der Waals surface area contributed by atoms with Crippen molar-refractivity contribution in [1.29, 1.82) is 0 Å². The van der Waals surface area contributed by atoms with E-state index in [2.05, 4.69) is 6.58 Å². The van der Waals surface area contributed by atoms with E-state index in [-0.39, 0.29) is 5.57 Å². The molecule has 0 heterocycles. The Morgan fingerprint density at radius 1 is 1.81 bits per heavy atom. The van der Waals surface area contributed by atoms with E-state index in [0.29, 0.717) is 0 Å². The fourth-order valence-corrected chi connectivity index (χ4v) is 1.59. The second-order valence-electron chi connectivity index (χ2n) is 3.30. The predicted molar refractivity (Wildman–Crippen MR) is 55.0 cm³/mol. The summed E-state index contributed by atoms with van der Waals surface area (Å²) in [5.41, 5.74) is -1.95. The van der Waals surface area contributed by atoms with Gasteiger partial charge in [-0.15, -0.1) is 0 Å². The molecule has 1 N–H and O–H groups in total. The first-order chi connectivity index (χ1) is 7.45. The molecule has 0 amide bonds. The van der Waals surface area contributed by atoms with Crippen LogP contribution in [0.2, 0.25) is 0 Å². The van der Waals surface area contributed by atoms with E-state index in [4.69, 9.17) is 9.84 Å². The number of allylic oxidation sites excluding steroid dienone is 2. The Kier molecular flexibility index (Phi) is 3.12. The largest absolute Gasteiger partial charge is 0.478 e. The van der Waals surface area contributed by atoms with Crippen LogP contribution in [0, 0.1) is 16.0 Å². The zero-order chi connectivity index (χ0) is 12.3. The predicted octanol–water partition coefficient (Wildman–Crippen LogP) is 1.34. The Labute approximate surface area is 91.7 Å². The van der Waals surface area contributed by atoms with Crippen LogP contribution in [-0.2, 0) is 9.53 Å². The van der Waals surface area contributed by atoms with Gasteiger partial charge in [-0.3, -0.25) is 10.1 Å². The molecule has 0 saturated heterocycles. The third-order valence-corrected chi connectivity index (χ3v) is 2.50. The van der Waals surface area contributed by atoms with Crippen LogP contribution in [0.25, 0.3) is 0 Å². The van der Waals surface area contributed by atoms with Gasteiger partial charge in [0.2, 0.25) is 0 Å². The molecule has 6 heteroatoms. The van der Waals surface area contributed by atoms with E-state index in [0.717, 1.165) is 6.26 Å². The standard InChI is InChI=1S/C10H11NO5/c1-3-16-10(11(14)15)6-4-5-8(7(10)2)9(12)13/h3-7H,1H2,2H3,(H,12,13). The number of aliphatic carboxylic acids is 1. The van der Waals surface area contributed by atoms with E-state index >= 15 is 0 Å². The van der Waals surface area contributed by atoms with Crippen molar-refractivity contribution in [3.8, 4) is 0 Å². The third-order valence-electron chi connectivity index (χ3n) is 2.50. The number of hydrogen-bond acceptors (Lipinski definition) is 4. The SMILES string of the molecule is C=COC1([N+](=O)[O-])C=CC=C(C(=O)O)C1C. The molecule has 1 aliphatic rings. The molecule has 16 heavy (non-hydrogen) atoms. The Balaban J connectivity index is 3.20. The summed E-state index contributed by atoms with van der Waals surface area (Å²) in [4.78, 5) is 21.2. The van der Waals surface area contributed by atoms with Crippen molar-refractivity contribution in [3.05, 3.63) is 46.8 Å². The summed E-state index contributed by atoms with van der Waals surface area (Å²) in [7, 11) is 0. The maximum atomic E-state index is 11.0. The van der Waals surface area contributed by atoms with Crippen molar-refractivity contribution in [2.24, 2.45) is 5.92 Å². The maximum Gasteiger partial charge on any atom is 0.389 e. The minimum Gasteiger partial charge on any atom is -0.478 e. The fourth-order valence-electron chi connectivity index (χ4n) is 1.59. The van der Waals surface area contributed by atoms with Crippen LogP contribution in [0.3, 0.4) is 0 Å². The summed E-state index contributed by atoms with van der Waals surface area (Å²) in [5.74, 6) is -2.10. The van der Waals surface area contributed by atoms with Gasteiger partial charge >= 0.3 is 11.7 Å². The second-order valence-corrected chi connectivity index (χ2v) is 3.30. The molecule has 2 unspecified atom stereocenters. The molecule has 1 rings (SSSR count). The number of carbonyl (C=O) groups is 1. The third kappa shape index (κ3) is 1.69. The highest BCUT2D eigenvalue weighted by atomic mass is 16.7. The molecule has 0 spiro atoms. The molecule has 0 aromatic carbocycles. The molecular formula is C10H11NO5. The van der Waals surface area contributed by atoms with Gasteiger partial charge in [-0.25, -0.2) is 4.79 Å². The van der Waals surface area contributed by atoms with Crippen molar-refractivity contribution in [2.75, 3.05) is 0 Å². The lowest BCUT2D eigenvalue weighted by atomic mass is 9.85. The summed E-state index contributed by atoms with van der Waals surface area (Å²) in [6.07, 6.45) is 4.77. The lowest BCUT2D eigenvalue weighted by Gasteiger charge is -2.29. The average Bonchev–Trinajstić information content (AvgIpc) is 2.20. The quantitative estimate of drug-likeness (QED) is 0.337. The van der Waals surface area contributed by atoms with Crippen molar-refractivity contribution < 1.29 is 19.6 Å². The number of rotatable bonds is 4. The van der Waals surface area contributed by atoms with E-state index in [1.54, 1.807) is 0 Å². The second kappa shape index (κ2) is 4.18. The average molecular weight is 225 g/mol. The van der Waals surface area contributed by atoms with Crippen molar-refractivity contribution in [2.45, 2.75) is 12.6 Å². The summed E-state index contributed by atoms with van der Waals surface area (Å²) >= 11 is 0. The fraction of sp³-hybridized carbons (Fsp3) is 0.300. The molecule has 86 valence electrons. The van der Waals surface area contributed by atoms with Gasteiger partial charge in [-0.1, -0.05) is 18.7 Å². The zero-order valence-corrected chi connectivity index (χ0v) is 8.62. The maximum absolute atomic E-state index is 11.0. The highest BCUT2D eigenvalue weighted by Crippen LogP contribution is 2.34. The van der Waals surface area contributed by atoms with Gasteiger partial charge in [-0.05, 0) is 6.92 Å². The van der Waals surface area contributed by atoms with Gasteiger partial charge in [0.25, 0.3) is 0 Å². The van der Waals surface area contributed by atoms with Crippen LogP contribution in [0.15, 0.2) is 36.6 Å². The Morgan fingerprint density at radius 3 is 2.88 bits per heavy atom. The van der Waals surface area contributed by atoms with Gasteiger partial charge in [0.05, 0.1) is 16.8 Å². The lowest BCUT2D eigenvalue weighted by Crippen LogP contribution is -2.47. The lowest BCUT2D eigenvalue weighted by molar-refractivity contribution is -0.615. The molecule has 1 aliphatic carbocycles. The Hall–Kier alpha value is -2.11. The number of carboxylic acid groups (broad SMARTS) is 1. The summed E-state index contributed by atoms with van der Waals surface area (Å²) in [6.45, 7) is 4.69. The van der Waals surface area contributed by atoms with Gasteiger partial charge in [0, 0.05) is 6.08 Å². The number of hydrogen-bond donors (Lipinski definition) is 1. The van der Waals surface area contributed by atoms with Gasteiger partial charge in [0.1, 0.15) is 5.92 Å². The normalized spacial score (nSPS) is 28.1. The number of nitrogens with zero attached hydrogens (tertiary/aromatic N) is 1. The first kappa shape index (κ1) is 12.0. The molecule has 0 saturated carbocycles. The summed E-state index contributed by atoms with van der Waals surface area (Å²) in [5, 5.41) is 19.9. The number of carboxylic acids is 1. The monoisotopic (exact) mass is 225 g/mol. The van der Waals surface area contributed by atoms with Crippen molar-refractivity contribution >= 4 is 5.97 Å². The molecule has 6 nitrogen and oxygen atoms in total. The highest BCUT2D eigenvalue weighted by molar-refractivity contribution is 5.88. The molecule has 0 aromatic heterocycles. The summed E-state index contributed by atoms with van der Waals surface area (Å²) in [6, 6.07) is 0. The number of nitro groups is 1. The minimum atomic E-state index is -1.88. The Morgan fingerprint density at radius 2 is 2.44 bits per heavy atom. The summed E-state index contributed by atoms with van der Waals surface area (Å²) < 4.78 is 4.90.